The van der Waals surface area contributed by atoms with Gasteiger partial charge in [0.2, 0.25) is 5.91 Å². The highest BCUT2D eigenvalue weighted by Gasteiger charge is 2.19. The van der Waals surface area contributed by atoms with Gasteiger partial charge < -0.3 is 15.1 Å². The molecule has 0 saturated carbocycles. The van der Waals surface area contributed by atoms with E-state index in [-0.39, 0.29) is 5.91 Å². The summed E-state index contributed by atoms with van der Waals surface area (Å²) < 4.78 is 0. The standard InChI is InChI=1S/C19H24ClN3OS/c1-2-22-8-10-23(11-9-22)18-5-4-16(20)13-17(18)21-19(24)6-3-15-7-12-25-14-15/h4-5,7,12-14H,2-3,6,8-11H2,1H3,(H,21,24). The second kappa shape index (κ2) is 8.70. The quantitative estimate of drug-likeness (QED) is 0.822. The normalized spacial score (nSPS) is 15.4. The van der Waals surface area contributed by atoms with Crippen LogP contribution >= 0.6 is 22.9 Å². The fraction of sp³-hybridized carbons (Fsp3) is 0.421. The van der Waals surface area contributed by atoms with E-state index in [4.69, 9.17) is 11.6 Å². The van der Waals surface area contributed by atoms with E-state index in [1.807, 2.05) is 23.6 Å². The van der Waals surface area contributed by atoms with Crippen LogP contribution in [0, 0.1) is 0 Å². The summed E-state index contributed by atoms with van der Waals surface area (Å²) >= 11 is 7.83. The second-order valence-corrected chi connectivity index (χ2v) is 7.48. The maximum absolute atomic E-state index is 12.4. The van der Waals surface area contributed by atoms with Gasteiger partial charge in [-0.1, -0.05) is 18.5 Å². The van der Waals surface area contributed by atoms with Gasteiger partial charge >= 0.3 is 0 Å². The zero-order valence-corrected chi connectivity index (χ0v) is 16.1. The van der Waals surface area contributed by atoms with Crippen molar-refractivity contribution in [2.45, 2.75) is 19.8 Å². The number of halogens is 1. The number of hydrogen-bond donors (Lipinski definition) is 1. The number of carbonyl (C=O) groups is 1. The fourth-order valence-corrected chi connectivity index (χ4v) is 3.97. The van der Waals surface area contributed by atoms with Crippen molar-refractivity contribution in [1.29, 1.82) is 0 Å². The number of nitrogens with one attached hydrogen (secondary N) is 1. The molecule has 1 aliphatic rings. The van der Waals surface area contributed by atoms with E-state index in [2.05, 4.69) is 33.5 Å². The largest absolute Gasteiger partial charge is 0.367 e. The number of carbonyl (C=O) groups excluding carboxylic acids is 1. The SMILES string of the molecule is CCN1CCN(c2ccc(Cl)cc2NC(=O)CCc2ccsc2)CC1. The molecule has 0 spiro atoms. The van der Waals surface area contributed by atoms with E-state index in [0.717, 1.165) is 50.5 Å². The third kappa shape index (κ3) is 4.97. The van der Waals surface area contributed by atoms with Gasteiger partial charge in [0, 0.05) is 37.6 Å². The molecular weight excluding hydrogens is 354 g/mol. The van der Waals surface area contributed by atoms with E-state index in [1.165, 1.54) is 5.56 Å². The first-order valence-corrected chi connectivity index (χ1v) is 10.1. The van der Waals surface area contributed by atoms with Crippen LogP contribution in [0.3, 0.4) is 0 Å². The van der Waals surface area contributed by atoms with E-state index < -0.39 is 0 Å². The highest BCUT2D eigenvalue weighted by atomic mass is 35.5. The Bertz CT molecular complexity index is 697. The molecule has 1 N–H and O–H groups in total. The Labute approximate surface area is 158 Å². The predicted molar refractivity (Wildman–Crippen MR) is 107 cm³/mol. The number of benzene rings is 1. The van der Waals surface area contributed by atoms with Crippen LogP contribution in [0.2, 0.25) is 5.02 Å². The molecule has 25 heavy (non-hydrogen) atoms. The van der Waals surface area contributed by atoms with Gasteiger partial charge in [-0.3, -0.25) is 4.79 Å². The summed E-state index contributed by atoms with van der Waals surface area (Å²) in [6.45, 7) is 7.30. The molecule has 1 amide bonds. The minimum Gasteiger partial charge on any atom is -0.367 e. The van der Waals surface area contributed by atoms with E-state index >= 15 is 0 Å². The number of likely N-dealkylation sites (N-methyl/N-ethyl adjacent to an activating group) is 1. The lowest BCUT2D eigenvalue weighted by molar-refractivity contribution is -0.116. The monoisotopic (exact) mass is 377 g/mol. The van der Waals surface area contributed by atoms with Crippen molar-refractivity contribution < 1.29 is 4.79 Å². The summed E-state index contributed by atoms with van der Waals surface area (Å²) in [5, 5.41) is 7.83. The lowest BCUT2D eigenvalue weighted by Gasteiger charge is -2.36. The van der Waals surface area contributed by atoms with Crippen LogP contribution in [0.25, 0.3) is 0 Å². The molecule has 1 saturated heterocycles. The van der Waals surface area contributed by atoms with Gasteiger partial charge in [0.05, 0.1) is 11.4 Å². The Morgan fingerprint density at radius 1 is 1.24 bits per heavy atom. The minimum atomic E-state index is 0.0295. The van der Waals surface area contributed by atoms with Gasteiger partial charge in [0.15, 0.2) is 0 Å². The maximum atomic E-state index is 12.4. The summed E-state index contributed by atoms with van der Waals surface area (Å²) in [5.41, 5.74) is 3.08. The van der Waals surface area contributed by atoms with Gasteiger partial charge in [0.25, 0.3) is 0 Å². The Hall–Kier alpha value is -1.56. The molecule has 2 heterocycles. The first kappa shape index (κ1) is 18.2. The highest BCUT2D eigenvalue weighted by Crippen LogP contribution is 2.30. The summed E-state index contributed by atoms with van der Waals surface area (Å²) in [6, 6.07) is 7.82. The number of nitrogens with zero attached hydrogens (tertiary/aromatic N) is 2. The first-order valence-electron chi connectivity index (χ1n) is 8.73. The zero-order valence-electron chi connectivity index (χ0n) is 14.5. The topological polar surface area (TPSA) is 35.6 Å². The Morgan fingerprint density at radius 2 is 2.04 bits per heavy atom. The van der Waals surface area contributed by atoms with Crippen LogP contribution in [0.5, 0.6) is 0 Å². The van der Waals surface area contributed by atoms with Crippen molar-refractivity contribution in [3.63, 3.8) is 0 Å². The van der Waals surface area contributed by atoms with Crippen LogP contribution in [-0.2, 0) is 11.2 Å². The average molecular weight is 378 g/mol. The second-order valence-electron chi connectivity index (χ2n) is 6.26. The number of anilines is 2. The molecule has 3 rings (SSSR count). The Balaban J connectivity index is 1.65. The molecule has 0 bridgehead atoms. The molecule has 0 radical (unpaired) electrons. The maximum Gasteiger partial charge on any atom is 0.224 e. The number of piperazine rings is 1. The molecule has 1 aliphatic heterocycles. The van der Waals surface area contributed by atoms with Gasteiger partial charge in [-0.2, -0.15) is 11.3 Å². The molecule has 4 nitrogen and oxygen atoms in total. The molecule has 1 aromatic carbocycles. The molecule has 0 aliphatic carbocycles. The van der Waals surface area contributed by atoms with Gasteiger partial charge in [-0.15, -0.1) is 0 Å². The molecule has 1 fully saturated rings. The molecule has 6 heteroatoms. The summed E-state index contributed by atoms with van der Waals surface area (Å²) in [5.74, 6) is 0.0295. The smallest absolute Gasteiger partial charge is 0.224 e. The third-order valence-electron chi connectivity index (χ3n) is 4.61. The lowest BCUT2D eigenvalue weighted by atomic mass is 10.1. The van der Waals surface area contributed by atoms with Crippen molar-refractivity contribution >= 4 is 40.2 Å². The Morgan fingerprint density at radius 3 is 2.72 bits per heavy atom. The number of aryl methyl sites for hydroxylation is 1. The van der Waals surface area contributed by atoms with E-state index in [9.17, 15) is 4.79 Å². The van der Waals surface area contributed by atoms with Crippen molar-refractivity contribution in [1.82, 2.24) is 4.90 Å². The van der Waals surface area contributed by atoms with Crippen molar-refractivity contribution in [2.24, 2.45) is 0 Å². The van der Waals surface area contributed by atoms with Gasteiger partial charge in [0.1, 0.15) is 0 Å². The number of thiophene rings is 1. The number of amides is 1. The zero-order chi connectivity index (χ0) is 17.6. The fourth-order valence-electron chi connectivity index (χ4n) is 3.09. The van der Waals surface area contributed by atoms with Crippen LogP contribution in [0.1, 0.15) is 18.9 Å². The minimum absolute atomic E-state index is 0.0295. The van der Waals surface area contributed by atoms with E-state index in [1.54, 1.807) is 11.3 Å². The predicted octanol–water partition coefficient (Wildman–Crippen LogP) is 4.11. The Kier molecular flexibility index (Phi) is 6.34. The van der Waals surface area contributed by atoms with Crippen LogP contribution < -0.4 is 10.2 Å². The number of hydrogen-bond acceptors (Lipinski definition) is 4. The first-order chi connectivity index (χ1) is 12.2. The van der Waals surface area contributed by atoms with Crippen molar-refractivity contribution in [2.75, 3.05) is 42.9 Å². The number of rotatable bonds is 6. The molecule has 1 aromatic heterocycles. The van der Waals surface area contributed by atoms with Crippen molar-refractivity contribution in [3.8, 4) is 0 Å². The van der Waals surface area contributed by atoms with Crippen LogP contribution in [-0.4, -0.2) is 43.5 Å². The molecular formula is C19H24ClN3OS. The lowest BCUT2D eigenvalue weighted by Crippen LogP contribution is -2.46. The summed E-state index contributed by atoms with van der Waals surface area (Å²) in [6.07, 6.45) is 1.24. The van der Waals surface area contributed by atoms with Gasteiger partial charge in [-0.05, 0) is 53.6 Å². The van der Waals surface area contributed by atoms with Crippen LogP contribution in [0.15, 0.2) is 35.0 Å². The third-order valence-corrected chi connectivity index (χ3v) is 5.58. The summed E-state index contributed by atoms with van der Waals surface area (Å²) in [4.78, 5) is 17.1. The molecule has 0 atom stereocenters. The van der Waals surface area contributed by atoms with Crippen LogP contribution in [0.4, 0.5) is 11.4 Å². The van der Waals surface area contributed by atoms with Gasteiger partial charge in [-0.25, -0.2) is 0 Å². The van der Waals surface area contributed by atoms with E-state index in [0.29, 0.717) is 11.4 Å². The average Bonchev–Trinajstić information content (AvgIpc) is 3.14. The molecule has 0 unspecified atom stereocenters. The molecule has 2 aromatic rings. The summed E-state index contributed by atoms with van der Waals surface area (Å²) in [7, 11) is 0. The molecule has 134 valence electrons. The highest BCUT2D eigenvalue weighted by molar-refractivity contribution is 7.07. The van der Waals surface area contributed by atoms with Crippen molar-refractivity contribution in [3.05, 3.63) is 45.6 Å².